The summed E-state index contributed by atoms with van der Waals surface area (Å²) in [5.41, 5.74) is 0. The van der Waals surface area contributed by atoms with Crippen molar-refractivity contribution in [3.05, 3.63) is 36.5 Å². The summed E-state index contributed by atoms with van der Waals surface area (Å²) in [5, 5.41) is 102. The Balaban J connectivity index is 1.93. The molecule has 26 heteroatoms. The molecular weight excluding hydrogens is 1500 g/mol. The summed E-state index contributed by atoms with van der Waals surface area (Å²) >= 11 is 0. The fourth-order valence-corrected chi connectivity index (χ4v) is 15.7. The van der Waals surface area contributed by atoms with Crippen molar-refractivity contribution in [3.63, 3.8) is 0 Å². The number of aliphatic hydroxyl groups is 9. The lowest BCUT2D eigenvalue weighted by Gasteiger charge is -2.50. The van der Waals surface area contributed by atoms with Crippen LogP contribution in [0.3, 0.4) is 0 Å². The monoisotopic (exact) mass is 1660 g/mol. The van der Waals surface area contributed by atoms with Crippen LogP contribution in [0.5, 0.6) is 0 Å². The number of allylic oxidation sites excluding steroid dienone is 6. The van der Waals surface area contributed by atoms with Gasteiger partial charge in [0.05, 0.1) is 13.2 Å². The van der Waals surface area contributed by atoms with E-state index in [9.17, 15) is 74.6 Å². The van der Waals surface area contributed by atoms with Crippen LogP contribution in [-0.2, 0) is 70.7 Å². The second-order valence-corrected chi connectivity index (χ2v) is 33.9. The highest BCUT2D eigenvalue weighted by Crippen LogP contribution is 2.49. The number of ether oxygens (including phenoxy) is 8. The van der Waals surface area contributed by atoms with Crippen molar-refractivity contribution in [1.82, 2.24) is 0 Å². The first-order chi connectivity index (χ1) is 55.7. The summed E-state index contributed by atoms with van der Waals surface area (Å²) < 4.78 is 73.3. The van der Waals surface area contributed by atoms with Gasteiger partial charge in [-0.15, -0.1) is 0 Å². The molecule has 2 saturated heterocycles. The summed E-state index contributed by atoms with van der Waals surface area (Å²) in [6.07, 6.45) is 28.7. The third-order valence-electron chi connectivity index (χ3n) is 22.1. The summed E-state index contributed by atoms with van der Waals surface area (Å²) in [6, 6.07) is 0. The van der Waals surface area contributed by atoms with Crippen LogP contribution in [0, 0.1) is 0 Å². The van der Waals surface area contributed by atoms with Crippen molar-refractivity contribution in [2.75, 3.05) is 26.4 Å². The van der Waals surface area contributed by atoms with Gasteiger partial charge in [0, 0.05) is 25.7 Å². The molecule has 25 nitrogen and oxygen atoms in total. The molecule has 3 aliphatic rings. The van der Waals surface area contributed by atoms with Gasteiger partial charge in [0.25, 0.3) is 0 Å². The Hall–Kier alpha value is -3.31. The van der Waals surface area contributed by atoms with Gasteiger partial charge in [0.1, 0.15) is 92.6 Å². The van der Waals surface area contributed by atoms with Gasteiger partial charge in [-0.25, -0.2) is 4.57 Å². The van der Waals surface area contributed by atoms with E-state index in [0.717, 1.165) is 161 Å². The fourth-order valence-electron chi connectivity index (χ4n) is 14.8. The van der Waals surface area contributed by atoms with Gasteiger partial charge in [-0.05, 0) is 103 Å². The van der Waals surface area contributed by atoms with E-state index in [-0.39, 0.29) is 32.1 Å². The number of unbranched alkanes of at least 4 members (excludes halogenated alkanes) is 43. The first-order valence-corrected chi connectivity index (χ1v) is 47.2. The van der Waals surface area contributed by atoms with Crippen LogP contribution in [-0.4, -0.2) is 205 Å². The molecule has 10 N–H and O–H groups in total. The number of rotatable bonds is 73. The standard InChI is InChI=1S/C89H161O25P/c1-5-9-13-17-21-25-29-33-35-39-41-45-49-53-57-61-72(91)105-66-69(108-74(93)63-59-55-51-47-43-37-31-27-23-19-15-11-7-3)67-107-115(103,104)114-87-85(112-88-82(101)78(97)76(95)70(65-90)109-88)81(100)80(99)84(111-75(94)64-60-56-52-48-44-38-32-28-24-20-16-12-8-4)86(87)113-89-83(102)79(98)77(96)71(110-89)68-106-73(92)62-58-54-50-46-42-40-36-34-30-26-22-18-14-10-6-2/h25-26,29-30,38,44,69-71,76-90,95-102H,5-24,27-28,31-37,39-43,45-68H2,1-4H3,(H,103,104)/b29-25-,30-26-,44-38-. The van der Waals surface area contributed by atoms with E-state index in [4.69, 9.17) is 46.9 Å². The lowest BCUT2D eigenvalue weighted by Crippen LogP contribution is -2.70. The molecule has 115 heavy (non-hydrogen) atoms. The van der Waals surface area contributed by atoms with Crippen LogP contribution in [0.2, 0.25) is 0 Å². The van der Waals surface area contributed by atoms with Crippen molar-refractivity contribution >= 4 is 31.7 Å². The maximum atomic E-state index is 14.9. The van der Waals surface area contributed by atoms with E-state index >= 15 is 0 Å². The van der Waals surface area contributed by atoms with Gasteiger partial charge < -0.3 is 88.7 Å². The Morgan fingerprint density at radius 2 is 0.652 bits per heavy atom. The number of aliphatic hydroxyl groups excluding tert-OH is 9. The molecule has 672 valence electrons. The van der Waals surface area contributed by atoms with Crippen molar-refractivity contribution in [3.8, 4) is 0 Å². The third kappa shape index (κ3) is 48.8. The fraction of sp³-hybridized carbons (Fsp3) is 0.888. The zero-order valence-electron chi connectivity index (χ0n) is 71.3. The summed E-state index contributed by atoms with van der Waals surface area (Å²) in [4.78, 5) is 66.3. The average Bonchev–Trinajstić information content (AvgIpc) is 0.755. The van der Waals surface area contributed by atoms with Crippen LogP contribution >= 0.6 is 7.82 Å². The Bertz CT molecular complexity index is 2540. The molecule has 18 atom stereocenters. The highest BCUT2D eigenvalue weighted by molar-refractivity contribution is 7.47. The second-order valence-electron chi connectivity index (χ2n) is 32.4. The van der Waals surface area contributed by atoms with Crippen molar-refractivity contribution in [1.29, 1.82) is 0 Å². The minimum atomic E-state index is -5.81. The predicted octanol–water partition coefficient (Wildman–Crippen LogP) is 16.3. The Morgan fingerprint density at radius 1 is 0.339 bits per heavy atom. The van der Waals surface area contributed by atoms with Crippen LogP contribution in [0.4, 0.5) is 0 Å². The van der Waals surface area contributed by atoms with Gasteiger partial charge in [-0.1, -0.05) is 282 Å². The third-order valence-corrected chi connectivity index (χ3v) is 23.1. The second kappa shape index (κ2) is 68.3. The predicted molar refractivity (Wildman–Crippen MR) is 444 cm³/mol. The SMILES string of the molecule is CCCCCC/C=C\CCCCCCCCCC(=O)OCC(COP(=O)(O)OC1C(OC2OC(CO)C(O)C(O)C2O)C(O)C(O)C(OC(=O)CCCCC/C=C\CCCCCCCC)C1OC1OC(COC(=O)CCCCCCCCC/C=C\CCCCCC)C(O)C(O)C1O)OC(=O)CCCCCCCCCCCCCCC. The average molecular weight is 1660 g/mol. The normalized spacial score (nSPS) is 25.4. The molecule has 3 fully saturated rings. The molecule has 2 aliphatic heterocycles. The van der Waals surface area contributed by atoms with Gasteiger partial charge in [-0.3, -0.25) is 28.2 Å². The summed E-state index contributed by atoms with van der Waals surface area (Å²) in [5.74, 6) is -3.00. The maximum absolute atomic E-state index is 14.9. The Morgan fingerprint density at radius 3 is 1.05 bits per heavy atom. The minimum absolute atomic E-state index is 0.00693. The highest BCUT2D eigenvalue weighted by Gasteiger charge is 2.60. The van der Waals surface area contributed by atoms with Gasteiger partial charge >= 0.3 is 31.7 Å². The molecule has 0 aromatic heterocycles. The molecular formula is C89H161O25P. The Labute approximate surface area is 691 Å². The van der Waals surface area contributed by atoms with Crippen molar-refractivity contribution in [2.45, 2.75) is 479 Å². The van der Waals surface area contributed by atoms with Crippen LogP contribution in [0.1, 0.15) is 374 Å². The number of phosphoric ester groups is 1. The van der Waals surface area contributed by atoms with Crippen molar-refractivity contribution in [2.24, 2.45) is 0 Å². The van der Waals surface area contributed by atoms with E-state index in [0.29, 0.717) is 32.1 Å². The molecule has 0 spiro atoms. The zero-order valence-corrected chi connectivity index (χ0v) is 72.2. The van der Waals surface area contributed by atoms with Crippen LogP contribution < -0.4 is 0 Å². The van der Waals surface area contributed by atoms with E-state index in [1.165, 1.54) is 122 Å². The molecule has 0 radical (unpaired) electrons. The van der Waals surface area contributed by atoms with Crippen LogP contribution in [0.25, 0.3) is 0 Å². The molecule has 0 aromatic rings. The number of carbonyl (C=O) groups is 4. The largest absolute Gasteiger partial charge is 0.472 e. The van der Waals surface area contributed by atoms with E-state index in [1.807, 2.05) is 0 Å². The molecule has 3 rings (SSSR count). The van der Waals surface area contributed by atoms with Gasteiger partial charge in [0.15, 0.2) is 24.8 Å². The molecule has 0 bridgehead atoms. The lowest BCUT2D eigenvalue weighted by molar-refractivity contribution is -0.360. The van der Waals surface area contributed by atoms with Gasteiger partial charge in [-0.2, -0.15) is 0 Å². The van der Waals surface area contributed by atoms with Gasteiger partial charge in [0.2, 0.25) is 0 Å². The lowest BCUT2D eigenvalue weighted by atomic mass is 9.84. The van der Waals surface area contributed by atoms with Crippen molar-refractivity contribution < 1.29 is 122 Å². The molecule has 18 unspecified atom stereocenters. The molecule has 0 amide bonds. The summed E-state index contributed by atoms with van der Waals surface area (Å²) in [6.45, 7) is 5.53. The van der Waals surface area contributed by atoms with E-state index < -0.39 is 162 Å². The first kappa shape index (κ1) is 106. The molecule has 1 aliphatic carbocycles. The topological polar surface area (TPSA) is 380 Å². The Kier molecular flexibility index (Phi) is 62.8. The zero-order chi connectivity index (χ0) is 84.0. The number of carbonyl (C=O) groups excluding carboxylic acids is 4. The van der Waals surface area contributed by atoms with Crippen LogP contribution in [0.15, 0.2) is 36.5 Å². The van der Waals surface area contributed by atoms with E-state index in [1.54, 1.807) is 0 Å². The highest BCUT2D eigenvalue weighted by atomic mass is 31.2. The number of hydrogen-bond donors (Lipinski definition) is 10. The van der Waals surface area contributed by atoms with E-state index in [2.05, 4.69) is 64.2 Å². The molecule has 0 aromatic carbocycles. The molecule has 2 heterocycles. The quantitative estimate of drug-likeness (QED) is 0.00889. The number of phosphoric acid groups is 1. The smallest absolute Gasteiger partial charge is 0.463 e. The molecule has 1 saturated carbocycles. The summed E-state index contributed by atoms with van der Waals surface area (Å²) in [7, 11) is -5.81. The maximum Gasteiger partial charge on any atom is 0.472 e. The number of esters is 4. The minimum Gasteiger partial charge on any atom is -0.463 e. The first-order valence-electron chi connectivity index (χ1n) is 45.7. The number of hydrogen-bond acceptors (Lipinski definition) is 24.